The Labute approximate surface area is 105 Å². The number of hydrogen-bond acceptors (Lipinski definition) is 6. The summed E-state index contributed by atoms with van der Waals surface area (Å²) in [5, 5.41) is 4.10. The maximum absolute atomic E-state index is 5.96. The first-order valence-corrected chi connectivity index (χ1v) is 5.50. The molecule has 1 atom stereocenters. The molecule has 0 aliphatic heterocycles. The molecular weight excluding hydrogens is 230 g/mol. The lowest BCUT2D eigenvalue weighted by atomic mass is 9.98. The van der Waals surface area contributed by atoms with Crippen molar-refractivity contribution < 1.29 is 0 Å². The van der Waals surface area contributed by atoms with Crippen LogP contribution in [0.1, 0.15) is 22.7 Å². The fourth-order valence-electron chi connectivity index (χ4n) is 1.98. The van der Waals surface area contributed by atoms with Gasteiger partial charge in [-0.1, -0.05) is 0 Å². The van der Waals surface area contributed by atoms with Crippen molar-refractivity contribution in [1.29, 1.82) is 0 Å². The molecule has 1 unspecified atom stereocenters. The molecule has 7 N–H and O–H groups in total. The van der Waals surface area contributed by atoms with E-state index >= 15 is 0 Å². The molecule has 0 bridgehead atoms. The van der Waals surface area contributed by atoms with Crippen LogP contribution in [0.2, 0.25) is 0 Å². The molecular formula is C11H17N7. The van der Waals surface area contributed by atoms with Gasteiger partial charge in [0.1, 0.15) is 11.6 Å². The van der Waals surface area contributed by atoms with Gasteiger partial charge in [-0.3, -0.25) is 10.5 Å². The number of nitrogens with two attached hydrogens (primary N) is 3. The van der Waals surface area contributed by atoms with Crippen LogP contribution in [-0.4, -0.2) is 14.8 Å². The van der Waals surface area contributed by atoms with E-state index in [2.05, 4.69) is 15.5 Å². The molecule has 2 heterocycles. The molecule has 0 saturated carbocycles. The summed E-state index contributed by atoms with van der Waals surface area (Å²) in [6, 6.07) is 1.55. The quantitative estimate of drug-likeness (QED) is 0.442. The molecule has 7 nitrogen and oxygen atoms in total. The molecule has 2 aromatic rings. The average Bonchev–Trinajstić information content (AvgIpc) is 2.66. The fraction of sp³-hybridized carbons (Fsp3) is 0.273. The van der Waals surface area contributed by atoms with Gasteiger partial charge in [0, 0.05) is 24.4 Å². The van der Waals surface area contributed by atoms with Crippen LogP contribution in [0.3, 0.4) is 0 Å². The molecule has 18 heavy (non-hydrogen) atoms. The van der Waals surface area contributed by atoms with Crippen molar-refractivity contribution in [1.82, 2.24) is 20.2 Å². The molecule has 0 aromatic carbocycles. The molecule has 2 aromatic heterocycles. The van der Waals surface area contributed by atoms with Gasteiger partial charge in [-0.25, -0.2) is 10.4 Å². The Morgan fingerprint density at radius 3 is 2.61 bits per heavy atom. The highest BCUT2D eigenvalue weighted by atomic mass is 15.3. The topological polar surface area (TPSA) is 121 Å². The lowest BCUT2D eigenvalue weighted by molar-refractivity contribution is 0.634. The number of hydrazine groups is 1. The molecule has 2 rings (SSSR count). The number of nitrogens with one attached hydrogen (secondary N) is 1. The minimum absolute atomic E-state index is 0.326. The van der Waals surface area contributed by atoms with Gasteiger partial charge >= 0.3 is 0 Å². The number of nitrogen functional groups attached to an aromatic ring is 2. The molecule has 0 radical (unpaired) electrons. The van der Waals surface area contributed by atoms with Crippen LogP contribution in [0, 0.1) is 6.92 Å². The first kappa shape index (κ1) is 12.3. The van der Waals surface area contributed by atoms with E-state index in [1.165, 1.54) is 0 Å². The van der Waals surface area contributed by atoms with Crippen molar-refractivity contribution in [2.45, 2.75) is 13.0 Å². The summed E-state index contributed by atoms with van der Waals surface area (Å²) in [4.78, 5) is 4.08. The summed E-state index contributed by atoms with van der Waals surface area (Å²) in [7, 11) is 1.77. The van der Waals surface area contributed by atoms with Crippen molar-refractivity contribution in [3.63, 3.8) is 0 Å². The molecule has 0 fully saturated rings. The van der Waals surface area contributed by atoms with E-state index in [1.807, 2.05) is 13.0 Å². The molecule has 0 aliphatic carbocycles. The van der Waals surface area contributed by atoms with Gasteiger partial charge in [0.15, 0.2) is 0 Å². The maximum Gasteiger partial charge on any atom is 0.128 e. The van der Waals surface area contributed by atoms with Crippen LogP contribution in [0.4, 0.5) is 11.6 Å². The predicted octanol–water partition coefficient (Wildman–Crippen LogP) is -0.159. The second kappa shape index (κ2) is 4.63. The van der Waals surface area contributed by atoms with Gasteiger partial charge in [-0.05, 0) is 18.6 Å². The van der Waals surface area contributed by atoms with Crippen molar-refractivity contribution in [3.8, 4) is 0 Å². The molecule has 96 valence electrons. The third-order valence-corrected chi connectivity index (χ3v) is 3.02. The zero-order chi connectivity index (χ0) is 13.3. The van der Waals surface area contributed by atoms with E-state index < -0.39 is 0 Å². The number of nitrogens with zero attached hydrogens (tertiary/aromatic N) is 3. The van der Waals surface area contributed by atoms with Crippen molar-refractivity contribution >= 4 is 11.6 Å². The van der Waals surface area contributed by atoms with Gasteiger partial charge in [-0.15, -0.1) is 0 Å². The third kappa shape index (κ3) is 1.89. The minimum Gasteiger partial charge on any atom is -0.384 e. The number of aryl methyl sites for hydroxylation is 2. The monoisotopic (exact) mass is 247 g/mol. The predicted molar refractivity (Wildman–Crippen MR) is 70.2 cm³/mol. The molecule has 7 heteroatoms. The SMILES string of the molecule is Cc1ccnc(N)c1C(NN)c1cnn(C)c1N. The number of pyridine rings is 1. The van der Waals surface area contributed by atoms with E-state index in [0.717, 1.165) is 16.7 Å². The third-order valence-electron chi connectivity index (χ3n) is 3.02. The van der Waals surface area contributed by atoms with Gasteiger partial charge in [-0.2, -0.15) is 5.10 Å². The highest BCUT2D eigenvalue weighted by molar-refractivity contribution is 5.54. The summed E-state index contributed by atoms with van der Waals surface area (Å²) >= 11 is 0. The van der Waals surface area contributed by atoms with Crippen LogP contribution in [-0.2, 0) is 7.05 Å². The Balaban J connectivity index is 2.56. The van der Waals surface area contributed by atoms with E-state index in [4.69, 9.17) is 17.3 Å². The van der Waals surface area contributed by atoms with Crippen molar-refractivity contribution in [2.75, 3.05) is 11.5 Å². The Morgan fingerprint density at radius 1 is 1.39 bits per heavy atom. The van der Waals surface area contributed by atoms with Crippen LogP contribution in [0.15, 0.2) is 18.5 Å². The summed E-state index contributed by atoms with van der Waals surface area (Å²) in [5.74, 6) is 6.60. The van der Waals surface area contributed by atoms with E-state index in [-0.39, 0.29) is 6.04 Å². The van der Waals surface area contributed by atoms with E-state index in [9.17, 15) is 0 Å². The number of rotatable bonds is 3. The second-order valence-corrected chi connectivity index (χ2v) is 4.14. The fourth-order valence-corrected chi connectivity index (χ4v) is 1.98. The van der Waals surface area contributed by atoms with Crippen LogP contribution >= 0.6 is 0 Å². The summed E-state index contributed by atoms with van der Waals surface area (Å²) in [6.07, 6.45) is 3.33. The zero-order valence-corrected chi connectivity index (χ0v) is 10.4. The maximum atomic E-state index is 5.96. The van der Waals surface area contributed by atoms with Crippen LogP contribution < -0.4 is 22.7 Å². The summed E-state index contributed by atoms with van der Waals surface area (Å²) in [6.45, 7) is 1.95. The Kier molecular flexibility index (Phi) is 3.17. The number of hydrogen-bond donors (Lipinski definition) is 4. The molecule has 0 amide bonds. The van der Waals surface area contributed by atoms with Gasteiger partial charge < -0.3 is 11.5 Å². The molecule has 0 spiro atoms. The Hall–Kier alpha value is -2.12. The Bertz CT molecular complexity index is 540. The standard InChI is InChI=1S/C11H17N7/c1-6-3-4-15-10(12)8(6)9(17-14)7-5-16-18(2)11(7)13/h3-5,9,17H,13-14H2,1-2H3,(H2,12,15). The lowest BCUT2D eigenvalue weighted by Gasteiger charge is -2.19. The normalized spacial score (nSPS) is 12.6. The zero-order valence-electron chi connectivity index (χ0n) is 10.4. The highest BCUT2D eigenvalue weighted by Crippen LogP contribution is 2.30. The minimum atomic E-state index is -0.326. The van der Waals surface area contributed by atoms with Gasteiger partial charge in [0.2, 0.25) is 0 Å². The number of anilines is 2. The first-order valence-electron chi connectivity index (χ1n) is 5.50. The molecule has 0 saturated heterocycles. The second-order valence-electron chi connectivity index (χ2n) is 4.14. The average molecular weight is 247 g/mol. The highest BCUT2D eigenvalue weighted by Gasteiger charge is 2.22. The molecule has 0 aliphatic rings. The van der Waals surface area contributed by atoms with Crippen molar-refractivity contribution in [2.24, 2.45) is 12.9 Å². The van der Waals surface area contributed by atoms with Crippen molar-refractivity contribution in [3.05, 3.63) is 35.2 Å². The summed E-state index contributed by atoms with van der Waals surface area (Å²) in [5.41, 5.74) is 17.2. The smallest absolute Gasteiger partial charge is 0.128 e. The number of aromatic nitrogens is 3. The van der Waals surface area contributed by atoms with Gasteiger partial charge in [0.25, 0.3) is 0 Å². The largest absolute Gasteiger partial charge is 0.384 e. The van der Waals surface area contributed by atoms with Gasteiger partial charge in [0.05, 0.1) is 12.2 Å². The first-order chi connectivity index (χ1) is 8.56. The van der Waals surface area contributed by atoms with E-state index in [0.29, 0.717) is 11.6 Å². The van der Waals surface area contributed by atoms with E-state index in [1.54, 1.807) is 24.1 Å². The Morgan fingerprint density at radius 2 is 2.11 bits per heavy atom. The van der Waals surface area contributed by atoms with Crippen LogP contribution in [0.25, 0.3) is 0 Å². The summed E-state index contributed by atoms with van der Waals surface area (Å²) < 4.78 is 1.58. The lowest BCUT2D eigenvalue weighted by Crippen LogP contribution is -2.30. The van der Waals surface area contributed by atoms with Crippen LogP contribution in [0.5, 0.6) is 0 Å².